The van der Waals surface area contributed by atoms with Crippen molar-refractivity contribution in [3.05, 3.63) is 29.8 Å². The number of methoxy groups -OCH3 is 1. The fraction of sp³-hybridized carbons (Fsp3) is 0.529. The zero-order chi connectivity index (χ0) is 16.1. The molecule has 0 radical (unpaired) electrons. The predicted octanol–water partition coefficient (Wildman–Crippen LogP) is 2.24. The summed E-state index contributed by atoms with van der Waals surface area (Å²) in [5.74, 6) is -1.03. The number of amides is 1. The number of ether oxygens (including phenoxy) is 1. The molecule has 1 saturated carbocycles. The van der Waals surface area contributed by atoms with Gasteiger partial charge in [-0.05, 0) is 50.3 Å². The van der Waals surface area contributed by atoms with Crippen molar-refractivity contribution in [2.45, 2.75) is 38.6 Å². The van der Waals surface area contributed by atoms with Crippen molar-refractivity contribution in [1.29, 1.82) is 0 Å². The summed E-state index contributed by atoms with van der Waals surface area (Å²) < 4.78 is 5.12. The molecule has 0 spiro atoms. The van der Waals surface area contributed by atoms with E-state index in [1.165, 1.54) is 5.56 Å². The predicted molar refractivity (Wildman–Crippen MR) is 82.8 cm³/mol. The summed E-state index contributed by atoms with van der Waals surface area (Å²) in [6.45, 7) is 1.95. The summed E-state index contributed by atoms with van der Waals surface area (Å²) >= 11 is 0. The van der Waals surface area contributed by atoms with Crippen LogP contribution in [0.4, 0.5) is 0 Å². The lowest BCUT2D eigenvalue weighted by Gasteiger charge is -2.32. The minimum Gasteiger partial charge on any atom is -0.497 e. The largest absolute Gasteiger partial charge is 0.497 e. The molecule has 0 saturated heterocycles. The van der Waals surface area contributed by atoms with Crippen LogP contribution in [0.2, 0.25) is 0 Å². The number of aryl methyl sites for hydroxylation is 1. The Kier molecular flexibility index (Phi) is 5.41. The molecule has 0 bridgehead atoms. The Morgan fingerprint density at radius 2 is 1.91 bits per heavy atom. The molecule has 0 aromatic heterocycles. The van der Waals surface area contributed by atoms with Crippen molar-refractivity contribution in [2.75, 3.05) is 7.11 Å². The fourth-order valence-corrected chi connectivity index (χ4v) is 2.71. The van der Waals surface area contributed by atoms with Gasteiger partial charge in [0.15, 0.2) is 0 Å². The van der Waals surface area contributed by atoms with Gasteiger partial charge in [0, 0.05) is 6.04 Å². The van der Waals surface area contributed by atoms with Crippen molar-refractivity contribution < 1.29 is 19.4 Å². The summed E-state index contributed by atoms with van der Waals surface area (Å²) in [6.07, 6.45) is 2.96. The Morgan fingerprint density at radius 1 is 1.27 bits per heavy atom. The van der Waals surface area contributed by atoms with Crippen LogP contribution in [0.15, 0.2) is 24.3 Å². The maximum atomic E-state index is 12.1. The first-order valence-corrected chi connectivity index (χ1v) is 7.67. The van der Waals surface area contributed by atoms with Crippen molar-refractivity contribution in [1.82, 2.24) is 5.32 Å². The van der Waals surface area contributed by atoms with E-state index < -0.39 is 11.9 Å². The summed E-state index contributed by atoms with van der Waals surface area (Å²) in [7, 11) is 1.64. The molecular weight excluding hydrogens is 282 g/mol. The highest BCUT2D eigenvalue weighted by Gasteiger charge is 2.41. The molecule has 3 atom stereocenters. The third kappa shape index (κ3) is 4.00. The quantitative estimate of drug-likeness (QED) is 0.810. The first-order valence-electron chi connectivity index (χ1n) is 7.67. The number of carbonyl (C=O) groups excluding carboxylic acids is 1. The summed E-state index contributed by atoms with van der Waals surface area (Å²) in [6, 6.07) is 7.90. The van der Waals surface area contributed by atoms with Gasteiger partial charge < -0.3 is 15.2 Å². The number of hydrogen-bond donors (Lipinski definition) is 2. The fourth-order valence-electron chi connectivity index (χ4n) is 2.71. The molecule has 1 aliphatic rings. The summed E-state index contributed by atoms with van der Waals surface area (Å²) in [4.78, 5) is 23.0. The minimum atomic E-state index is -0.864. The van der Waals surface area contributed by atoms with Crippen molar-refractivity contribution >= 4 is 11.9 Å². The van der Waals surface area contributed by atoms with Crippen molar-refractivity contribution in [3.8, 4) is 5.75 Å². The van der Waals surface area contributed by atoms with E-state index >= 15 is 0 Å². The normalized spacial score (nSPS) is 21.5. The lowest BCUT2D eigenvalue weighted by Crippen LogP contribution is -2.46. The van der Waals surface area contributed by atoms with Gasteiger partial charge in [-0.15, -0.1) is 0 Å². The van der Waals surface area contributed by atoms with Gasteiger partial charge >= 0.3 is 5.97 Å². The second-order valence-electron chi connectivity index (χ2n) is 5.92. The zero-order valence-electron chi connectivity index (χ0n) is 13.0. The summed E-state index contributed by atoms with van der Waals surface area (Å²) in [5.41, 5.74) is 1.19. The van der Waals surface area contributed by atoms with E-state index in [9.17, 15) is 9.59 Å². The SMILES string of the molecule is COc1ccc(CCC(C)NC(=O)C2CCC2C(=O)O)cc1. The number of nitrogens with one attached hydrogen (secondary N) is 1. The Balaban J connectivity index is 1.76. The summed E-state index contributed by atoms with van der Waals surface area (Å²) in [5, 5.41) is 11.9. The highest BCUT2D eigenvalue weighted by atomic mass is 16.5. The van der Waals surface area contributed by atoms with Gasteiger partial charge in [0.25, 0.3) is 0 Å². The van der Waals surface area contributed by atoms with E-state index in [1.807, 2.05) is 31.2 Å². The molecule has 1 fully saturated rings. The molecule has 5 nitrogen and oxygen atoms in total. The third-order valence-electron chi connectivity index (χ3n) is 4.34. The number of aliphatic carboxylic acids is 1. The van der Waals surface area contributed by atoms with Crippen LogP contribution < -0.4 is 10.1 Å². The van der Waals surface area contributed by atoms with E-state index in [0.29, 0.717) is 12.8 Å². The standard InChI is InChI=1S/C17H23NO4/c1-11(3-4-12-5-7-13(22-2)8-6-12)18-16(19)14-9-10-15(14)17(20)21/h5-8,11,14-15H,3-4,9-10H2,1-2H3,(H,18,19)(H,20,21). The second kappa shape index (κ2) is 7.29. The van der Waals surface area contributed by atoms with E-state index in [-0.39, 0.29) is 17.9 Å². The smallest absolute Gasteiger partial charge is 0.307 e. The molecule has 2 rings (SSSR count). The van der Waals surface area contributed by atoms with E-state index in [2.05, 4.69) is 5.32 Å². The molecule has 2 N–H and O–H groups in total. The molecular formula is C17H23NO4. The zero-order valence-corrected chi connectivity index (χ0v) is 13.0. The Labute approximate surface area is 130 Å². The average molecular weight is 305 g/mol. The van der Waals surface area contributed by atoms with Crippen LogP contribution in [-0.2, 0) is 16.0 Å². The lowest BCUT2D eigenvalue weighted by molar-refractivity contribution is -0.152. The van der Waals surface area contributed by atoms with E-state index in [1.54, 1.807) is 7.11 Å². The average Bonchev–Trinajstić information content (AvgIpc) is 2.43. The van der Waals surface area contributed by atoms with E-state index in [0.717, 1.165) is 18.6 Å². The highest BCUT2D eigenvalue weighted by Crippen LogP contribution is 2.34. The Morgan fingerprint density at radius 3 is 2.41 bits per heavy atom. The number of carbonyl (C=O) groups is 2. The molecule has 22 heavy (non-hydrogen) atoms. The molecule has 1 aliphatic carbocycles. The van der Waals surface area contributed by atoms with E-state index in [4.69, 9.17) is 9.84 Å². The van der Waals surface area contributed by atoms with Crippen molar-refractivity contribution in [3.63, 3.8) is 0 Å². The number of carboxylic acids is 1. The topological polar surface area (TPSA) is 75.6 Å². The van der Waals surface area contributed by atoms with Crippen molar-refractivity contribution in [2.24, 2.45) is 11.8 Å². The molecule has 1 aromatic rings. The Hall–Kier alpha value is -2.04. The van der Waals surface area contributed by atoms with Crippen LogP contribution in [-0.4, -0.2) is 30.1 Å². The molecule has 1 amide bonds. The maximum Gasteiger partial charge on any atom is 0.307 e. The molecule has 1 aromatic carbocycles. The van der Waals surface area contributed by atoms with Gasteiger partial charge in [0.05, 0.1) is 18.9 Å². The number of hydrogen-bond acceptors (Lipinski definition) is 3. The third-order valence-corrected chi connectivity index (χ3v) is 4.34. The monoisotopic (exact) mass is 305 g/mol. The molecule has 3 unspecified atom stereocenters. The van der Waals surface area contributed by atoms with Gasteiger partial charge in [-0.25, -0.2) is 0 Å². The highest BCUT2D eigenvalue weighted by molar-refractivity contribution is 5.86. The first kappa shape index (κ1) is 16.3. The molecule has 120 valence electrons. The van der Waals surface area contributed by atoms with Crippen LogP contribution in [0.5, 0.6) is 5.75 Å². The van der Waals surface area contributed by atoms with Gasteiger partial charge in [-0.1, -0.05) is 12.1 Å². The molecule has 0 heterocycles. The van der Waals surface area contributed by atoms with Crippen LogP contribution in [0.1, 0.15) is 31.7 Å². The number of benzene rings is 1. The minimum absolute atomic E-state index is 0.0321. The second-order valence-corrected chi connectivity index (χ2v) is 5.92. The van der Waals surface area contributed by atoms with Crippen LogP contribution in [0.3, 0.4) is 0 Å². The van der Waals surface area contributed by atoms with Crippen LogP contribution in [0, 0.1) is 11.8 Å². The van der Waals surface area contributed by atoms with Crippen LogP contribution >= 0.6 is 0 Å². The first-order chi connectivity index (χ1) is 10.5. The molecule has 5 heteroatoms. The number of carboxylic acid groups (broad SMARTS) is 1. The number of rotatable bonds is 7. The van der Waals surface area contributed by atoms with Gasteiger partial charge in [-0.2, -0.15) is 0 Å². The van der Waals surface area contributed by atoms with Crippen LogP contribution in [0.25, 0.3) is 0 Å². The molecule has 0 aliphatic heterocycles. The Bertz CT molecular complexity index is 526. The van der Waals surface area contributed by atoms with Gasteiger partial charge in [-0.3, -0.25) is 9.59 Å². The maximum absolute atomic E-state index is 12.1. The van der Waals surface area contributed by atoms with Gasteiger partial charge in [0.2, 0.25) is 5.91 Å². The van der Waals surface area contributed by atoms with Gasteiger partial charge in [0.1, 0.15) is 5.75 Å². The lowest BCUT2D eigenvalue weighted by atomic mass is 9.73.